The standard InChI is InChI=1S/C18H18N2O4S2/c21-25(22,15-9-3-1-4-10-15)19-17-13-7-8-14-18(17)20-26(23,24)16-11-5-2-6-12-16/h1,3-5,7-14,19-20H,2,6H2. The van der Waals surface area contributed by atoms with Gasteiger partial charge in [-0.3, -0.25) is 9.44 Å². The molecule has 2 aromatic rings. The van der Waals surface area contributed by atoms with E-state index in [0.717, 1.165) is 6.42 Å². The topological polar surface area (TPSA) is 92.3 Å². The third-order valence-electron chi connectivity index (χ3n) is 3.74. The molecule has 3 rings (SSSR count). The van der Waals surface area contributed by atoms with Gasteiger partial charge in [0.15, 0.2) is 0 Å². The summed E-state index contributed by atoms with van der Waals surface area (Å²) in [4.78, 5) is 0.264. The summed E-state index contributed by atoms with van der Waals surface area (Å²) in [5.41, 5.74) is 0.312. The highest BCUT2D eigenvalue weighted by atomic mass is 32.2. The highest BCUT2D eigenvalue weighted by Gasteiger charge is 2.20. The van der Waals surface area contributed by atoms with Crippen LogP contribution in [0.3, 0.4) is 0 Å². The number of hydrogen-bond acceptors (Lipinski definition) is 4. The molecule has 1 aliphatic carbocycles. The van der Waals surface area contributed by atoms with Crippen molar-refractivity contribution in [2.75, 3.05) is 9.44 Å². The highest BCUT2D eigenvalue weighted by Crippen LogP contribution is 2.27. The van der Waals surface area contributed by atoms with Crippen LogP contribution in [0, 0.1) is 0 Å². The van der Waals surface area contributed by atoms with Gasteiger partial charge in [-0.1, -0.05) is 42.5 Å². The molecule has 0 aromatic heterocycles. The van der Waals surface area contributed by atoms with Crippen LogP contribution in [0.1, 0.15) is 12.8 Å². The highest BCUT2D eigenvalue weighted by molar-refractivity contribution is 7.96. The van der Waals surface area contributed by atoms with Crippen molar-refractivity contribution >= 4 is 31.4 Å². The van der Waals surface area contributed by atoms with E-state index >= 15 is 0 Å². The van der Waals surface area contributed by atoms with Crippen LogP contribution in [0.4, 0.5) is 11.4 Å². The fourth-order valence-corrected chi connectivity index (χ4v) is 4.76. The second kappa shape index (κ2) is 7.35. The maximum absolute atomic E-state index is 12.5. The summed E-state index contributed by atoms with van der Waals surface area (Å²) in [6.07, 6.45) is 6.42. The Kier molecular flexibility index (Phi) is 5.15. The largest absolute Gasteiger partial charge is 0.278 e. The van der Waals surface area contributed by atoms with Gasteiger partial charge in [-0.15, -0.1) is 0 Å². The summed E-state index contributed by atoms with van der Waals surface area (Å²) >= 11 is 0. The molecule has 2 N–H and O–H groups in total. The molecule has 0 radical (unpaired) electrons. The molecule has 0 heterocycles. The molecule has 2 aromatic carbocycles. The van der Waals surface area contributed by atoms with Gasteiger partial charge in [-0.2, -0.15) is 0 Å². The van der Waals surface area contributed by atoms with Crippen molar-refractivity contribution in [2.24, 2.45) is 0 Å². The van der Waals surface area contributed by atoms with Gasteiger partial charge in [0.05, 0.1) is 21.2 Å². The van der Waals surface area contributed by atoms with E-state index in [1.54, 1.807) is 48.6 Å². The molecule has 26 heavy (non-hydrogen) atoms. The number of sulfonamides is 2. The molecule has 0 saturated heterocycles. The lowest BCUT2D eigenvalue weighted by Crippen LogP contribution is -2.18. The summed E-state index contributed by atoms with van der Waals surface area (Å²) in [6, 6.07) is 14.1. The number of nitrogens with one attached hydrogen (secondary N) is 2. The number of allylic oxidation sites excluding steroid dienone is 3. The monoisotopic (exact) mass is 390 g/mol. The van der Waals surface area contributed by atoms with Crippen molar-refractivity contribution in [1.82, 2.24) is 0 Å². The Morgan fingerprint density at radius 3 is 1.85 bits per heavy atom. The molecule has 1 aliphatic rings. The first kappa shape index (κ1) is 18.2. The summed E-state index contributed by atoms with van der Waals surface area (Å²) in [5.74, 6) is 0. The van der Waals surface area contributed by atoms with E-state index in [-0.39, 0.29) is 21.2 Å². The lowest BCUT2D eigenvalue weighted by molar-refractivity contribution is 0.600. The van der Waals surface area contributed by atoms with E-state index < -0.39 is 20.0 Å². The SMILES string of the molecule is O=S(=O)(Nc1ccccc1NS(=O)(=O)c1ccccc1)C1=CCCC=C1. The Balaban J connectivity index is 1.90. The molecule has 0 amide bonds. The second-order valence-electron chi connectivity index (χ2n) is 5.66. The smallest absolute Gasteiger partial charge is 0.261 e. The molecule has 0 aliphatic heterocycles. The first-order valence-electron chi connectivity index (χ1n) is 7.95. The van der Waals surface area contributed by atoms with Crippen molar-refractivity contribution in [3.8, 4) is 0 Å². The van der Waals surface area contributed by atoms with Crippen LogP contribution < -0.4 is 9.44 Å². The minimum Gasteiger partial charge on any atom is -0.278 e. The summed E-state index contributed by atoms with van der Waals surface area (Å²) in [7, 11) is -7.62. The van der Waals surface area contributed by atoms with E-state index in [4.69, 9.17) is 0 Å². The van der Waals surface area contributed by atoms with Gasteiger partial charge in [-0.05, 0) is 43.2 Å². The van der Waals surface area contributed by atoms with Crippen LogP contribution in [-0.4, -0.2) is 16.8 Å². The zero-order chi connectivity index (χ0) is 18.6. The first-order chi connectivity index (χ1) is 12.4. The molecular weight excluding hydrogens is 372 g/mol. The normalized spacial score (nSPS) is 14.5. The molecule has 0 saturated carbocycles. The fraction of sp³-hybridized carbons (Fsp3) is 0.111. The zero-order valence-corrected chi connectivity index (χ0v) is 15.4. The molecule has 8 heteroatoms. The molecule has 0 unspecified atom stereocenters. The molecule has 0 atom stereocenters. The Hall–Kier alpha value is -2.58. The van der Waals surface area contributed by atoms with E-state index in [9.17, 15) is 16.8 Å². The summed E-state index contributed by atoms with van der Waals surface area (Å²) in [6.45, 7) is 0. The molecule has 0 bridgehead atoms. The van der Waals surface area contributed by atoms with Gasteiger partial charge >= 0.3 is 0 Å². The van der Waals surface area contributed by atoms with Gasteiger partial charge in [0.2, 0.25) is 0 Å². The lowest BCUT2D eigenvalue weighted by atomic mass is 10.2. The van der Waals surface area contributed by atoms with Gasteiger partial charge < -0.3 is 0 Å². The maximum atomic E-state index is 12.5. The van der Waals surface area contributed by atoms with Gasteiger partial charge in [-0.25, -0.2) is 16.8 Å². The average molecular weight is 390 g/mol. The third-order valence-corrected chi connectivity index (χ3v) is 6.53. The van der Waals surface area contributed by atoms with Crippen LogP contribution in [-0.2, 0) is 20.0 Å². The minimum atomic E-state index is -3.83. The van der Waals surface area contributed by atoms with Gasteiger partial charge in [0.25, 0.3) is 20.0 Å². The molecular formula is C18H18N2O4S2. The molecule has 136 valence electrons. The number of benzene rings is 2. The van der Waals surface area contributed by atoms with Crippen molar-refractivity contribution in [3.63, 3.8) is 0 Å². The van der Waals surface area contributed by atoms with Crippen molar-refractivity contribution in [3.05, 3.63) is 77.7 Å². The van der Waals surface area contributed by atoms with Gasteiger partial charge in [0.1, 0.15) is 0 Å². The van der Waals surface area contributed by atoms with Crippen LogP contribution in [0.2, 0.25) is 0 Å². The van der Waals surface area contributed by atoms with Crippen LogP contribution in [0.25, 0.3) is 0 Å². The number of anilines is 2. The Labute approximate surface area is 153 Å². The predicted molar refractivity (Wildman–Crippen MR) is 103 cm³/mol. The quantitative estimate of drug-likeness (QED) is 0.790. The third kappa shape index (κ3) is 4.14. The maximum Gasteiger partial charge on any atom is 0.261 e. The zero-order valence-electron chi connectivity index (χ0n) is 13.8. The molecule has 0 fully saturated rings. The predicted octanol–water partition coefficient (Wildman–Crippen LogP) is 3.46. The van der Waals surface area contributed by atoms with E-state index in [1.807, 2.05) is 0 Å². The summed E-state index contributed by atoms with van der Waals surface area (Å²) in [5, 5.41) is 0. The van der Waals surface area contributed by atoms with E-state index in [2.05, 4.69) is 9.44 Å². The Morgan fingerprint density at radius 1 is 0.692 bits per heavy atom. The number of hydrogen-bond donors (Lipinski definition) is 2. The van der Waals surface area contributed by atoms with Crippen LogP contribution >= 0.6 is 0 Å². The fourth-order valence-electron chi connectivity index (χ4n) is 2.46. The molecule has 6 nitrogen and oxygen atoms in total. The summed E-state index contributed by atoms with van der Waals surface area (Å²) < 4.78 is 55.0. The van der Waals surface area contributed by atoms with E-state index in [0.29, 0.717) is 6.42 Å². The van der Waals surface area contributed by atoms with Crippen LogP contribution in [0.5, 0.6) is 0 Å². The van der Waals surface area contributed by atoms with Crippen molar-refractivity contribution in [1.29, 1.82) is 0 Å². The van der Waals surface area contributed by atoms with Gasteiger partial charge in [0, 0.05) is 0 Å². The van der Waals surface area contributed by atoms with Crippen molar-refractivity contribution in [2.45, 2.75) is 17.7 Å². The average Bonchev–Trinajstić information content (AvgIpc) is 2.64. The molecule has 0 spiro atoms. The van der Waals surface area contributed by atoms with Crippen molar-refractivity contribution < 1.29 is 16.8 Å². The lowest BCUT2D eigenvalue weighted by Gasteiger charge is -2.15. The Morgan fingerprint density at radius 2 is 1.27 bits per heavy atom. The number of para-hydroxylation sites is 2. The Bertz CT molecular complexity index is 1060. The second-order valence-corrected chi connectivity index (χ2v) is 9.02. The minimum absolute atomic E-state index is 0.0931. The van der Waals surface area contributed by atoms with Crippen LogP contribution in [0.15, 0.2) is 82.6 Å². The number of rotatable bonds is 6. The van der Waals surface area contributed by atoms with E-state index in [1.165, 1.54) is 24.3 Å². The first-order valence-corrected chi connectivity index (χ1v) is 10.9.